The molecule has 0 aliphatic heterocycles. The first-order valence-corrected chi connectivity index (χ1v) is 11.7. The number of rotatable bonds is 6. The molecule has 0 unspecified atom stereocenters. The van der Waals surface area contributed by atoms with Gasteiger partial charge in [0.25, 0.3) is 20.0 Å². The minimum Gasteiger partial charge on any atom is -0.247 e. The van der Waals surface area contributed by atoms with Gasteiger partial charge in [-0.25, -0.2) is 31.1 Å². The monoisotopic (exact) mass is 424 g/mol. The van der Waals surface area contributed by atoms with E-state index >= 15 is 0 Å². The molecule has 2 aromatic rings. The lowest BCUT2D eigenvalue weighted by Crippen LogP contribution is -2.42. The maximum atomic E-state index is 12.3. The maximum absolute atomic E-state index is 12.3. The van der Waals surface area contributed by atoms with Crippen molar-refractivity contribution in [1.29, 1.82) is 0 Å². The van der Waals surface area contributed by atoms with Gasteiger partial charge in [-0.3, -0.25) is 0 Å². The van der Waals surface area contributed by atoms with Crippen LogP contribution >= 0.6 is 0 Å². The van der Waals surface area contributed by atoms with Crippen LogP contribution in [0.1, 0.15) is 50.7 Å². The normalized spacial score (nSPS) is 12.2. The lowest BCUT2D eigenvalue weighted by Gasteiger charge is -2.11. The summed E-state index contributed by atoms with van der Waals surface area (Å²) in [6.45, 7) is 7.86. The molecule has 0 aliphatic carbocycles. The van der Waals surface area contributed by atoms with Crippen molar-refractivity contribution in [2.75, 3.05) is 0 Å². The van der Waals surface area contributed by atoms with Crippen molar-refractivity contribution in [1.82, 2.24) is 9.44 Å². The molecule has 0 aliphatic rings. The highest BCUT2D eigenvalue weighted by molar-refractivity contribution is 7.91. The van der Waals surface area contributed by atoms with Crippen LogP contribution in [0.5, 0.6) is 0 Å². The van der Waals surface area contributed by atoms with Gasteiger partial charge in [0.1, 0.15) is 0 Å². The highest BCUT2D eigenvalue weighted by Gasteiger charge is 2.23. The first-order chi connectivity index (χ1) is 12.9. The molecule has 0 radical (unpaired) electrons. The number of amides is 2. The summed E-state index contributed by atoms with van der Waals surface area (Å²) in [6, 6.07) is 10.7. The molecule has 152 valence electrons. The van der Waals surface area contributed by atoms with Gasteiger partial charge in [0.15, 0.2) is 0 Å². The van der Waals surface area contributed by atoms with Gasteiger partial charge in [0.05, 0.1) is 9.79 Å². The third-order valence-corrected chi connectivity index (χ3v) is 6.86. The van der Waals surface area contributed by atoms with Gasteiger partial charge in [0, 0.05) is 0 Å². The minimum atomic E-state index is -4.20. The Hall–Kier alpha value is -2.39. The smallest absolute Gasteiger partial charge is 0.247 e. The molecule has 0 fully saturated rings. The van der Waals surface area contributed by atoms with E-state index in [1.54, 1.807) is 33.7 Å². The second-order valence-electron chi connectivity index (χ2n) is 6.99. The maximum Gasteiger partial charge on any atom is 0.342 e. The molecule has 9 heteroatoms. The third-order valence-electron chi connectivity index (χ3n) is 4.17. The van der Waals surface area contributed by atoms with Crippen LogP contribution in [0.25, 0.3) is 0 Å². The Morgan fingerprint density at radius 2 is 0.929 bits per heavy atom. The number of carbonyl (C=O) groups is 1. The summed E-state index contributed by atoms with van der Waals surface area (Å²) in [5, 5.41) is 0. The summed E-state index contributed by atoms with van der Waals surface area (Å²) in [5.74, 6) is 0.445. The van der Waals surface area contributed by atoms with Gasteiger partial charge < -0.3 is 0 Å². The number of carbonyl (C=O) groups excluding carboxylic acids is 1. The molecule has 0 saturated heterocycles. The lowest BCUT2D eigenvalue weighted by atomic mass is 10.0. The molecule has 2 N–H and O–H groups in total. The van der Waals surface area contributed by atoms with Crippen molar-refractivity contribution < 1.29 is 21.6 Å². The highest BCUT2D eigenvalue weighted by Crippen LogP contribution is 2.18. The Kier molecular flexibility index (Phi) is 6.51. The Morgan fingerprint density at radius 1 is 0.643 bits per heavy atom. The molecule has 28 heavy (non-hydrogen) atoms. The fourth-order valence-electron chi connectivity index (χ4n) is 2.45. The topological polar surface area (TPSA) is 109 Å². The fraction of sp³-hybridized carbons (Fsp3) is 0.316. The van der Waals surface area contributed by atoms with E-state index in [9.17, 15) is 21.6 Å². The highest BCUT2D eigenvalue weighted by atomic mass is 32.2. The van der Waals surface area contributed by atoms with E-state index in [4.69, 9.17) is 0 Å². The van der Waals surface area contributed by atoms with E-state index in [-0.39, 0.29) is 21.6 Å². The number of hydrogen-bond acceptors (Lipinski definition) is 5. The molecule has 7 nitrogen and oxygen atoms in total. The van der Waals surface area contributed by atoms with Gasteiger partial charge in [-0.05, 0) is 47.2 Å². The SMILES string of the molecule is CC(C)c1ccc(S(=O)(=O)NC(=O)NS(=O)(=O)c2ccc(C(C)C)cc2)cc1. The average Bonchev–Trinajstić information content (AvgIpc) is 2.60. The van der Waals surface area contributed by atoms with Crippen LogP contribution in [0, 0.1) is 0 Å². The second kappa shape index (κ2) is 8.32. The molecule has 0 bridgehead atoms. The standard InChI is InChI=1S/C19H24N2O5S2/c1-13(2)15-5-9-17(10-6-15)27(23,24)20-19(22)21-28(25,26)18-11-7-16(8-12-18)14(3)4/h5-14H,1-4H3,(H2,20,21,22). The largest absolute Gasteiger partial charge is 0.342 e. The lowest BCUT2D eigenvalue weighted by molar-refractivity contribution is 0.250. The summed E-state index contributed by atoms with van der Waals surface area (Å²) in [5.41, 5.74) is 1.88. The first-order valence-electron chi connectivity index (χ1n) is 8.72. The van der Waals surface area contributed by atoms with Crippen molar-refractivity contribution in [3.63, 3.8) is 0 Å². The van der Waals surface area contributed by atoms with Gasteiger partial charge >= 0.3 is 6.03 Å². The summed E-state index contributed by atoms with van der Waals surface area (Å²) >= 11 is 0. The molecule has 2 aromatic carbocycles. The molecule has 0 heterocycles. The summed E-state index contributed by atoms with van der Waals surface area (Å²) in [4.78, 5) is 11.7. The molecule has 0 saturated carbocycles. The number of sulfonamides is 2. The van der Waals surface area contributed by atoms with E-state index in [0.717, 1.165) is 11.1 Å². The van der Waals surface area contributed by atoms with Crippen LogP contribution < -0.4 is 9.44 Å². The Balaban J connectivity index is 2.13. The van der Waals surface area contributed by atoms with Crippen molar-refractivity contribution in [2.45, 2.75) is 49.3 Å². The quantitative estimate of drug-likeness (QED) is 0.739. The van der Waals surface area contributed by atoms with Crippen LogP contribution in [0.15, 0.2) is 58.3 Å². The van der Waals surface area contributed by atoms with Crippen LogP contribution in [0.2, 0.25) is 0 Å². The van der Waals surface area contributed by atoms with E-state index in [0.29, 0.717) is 0 Å². The fourth-order valence-corrected chi connectivity index (χ4v) is 4.33. The molecule has 0 atom stereocenters. The zero-order chi connectivity index (χ0) is 21.1. The van der Waals surface area contributed by atoms with E-state index in [1.807, 2.05) is 27.7 Å². The summed E-state index contributed by atoms with van der Waals surface area (Å²) in [6.07, 6.45) is 0. The van der Waals surface area contributed by atoms with Crippen LogP contribution in [-0.4, -0.2) is 22.9 Å². The van der Waals surface area contributed by atoms with Gasteiger partial charge in [-0.2, -0.15) is 0 Å². The summed E-state index contributed by atoms with van der Waals surface area (Å²) in [7, 11) is -8.40. The van der Waals surface area contributed by atoms with E-state index < -0.39 is 26.1 Å². The van der Waals surface area contributed by atoms with Crippen molar-refractivity contribution >= 4 is 26.1 Å². The Labute approximate surface area is 166 Å². The molecule has 0 spiro atoms. The zero-order valence-corrected chi connectivity index (χ0v) is 17.8. The molecular formula is C19H24N2O5S2. The van der Waals surface area contributed by atoms with Crippen molar-refractivity contribution in [2.24, 2.45) is 0 Å². The predicted octanol–water partition coefficient (Wildman–Crippen LogP) is 3.31. The van der Waals surface area contributed by atoms with Gasteiger partial charge in [0.2, 0.25) is 0 Å². The van der Waals surface area contributed by atoms with Crippen molar-refractivity contribution in [3.05, 3.63) is 59.7 Å². The average molecular weight is 425 g/mol. The third kappa shape index (κ3) is 5.32. The molecule has 0 aromatic heterocycles. The Morgan fingerprint density at radius 3 is 1.18 bits per heavy atom. The number of hydrogen-bond donors (Lipinski definition) is 2. The van der Waals surface area contributed by atoms with E-state index in [1.165, 1.54) is 24.3 Å². The predicted molar refractivity (Wildman–Crippen MR) is 107 cm³/mol. The number of benzene rings is 2. The molecule has 2 amide bonds. The van der Waals surface area contributed by atoms with Crippen molar-refractivity contribution in [3.8, 4) is 0 Å². The van der Waals surface area contributed by atoms with Gasteiger partial charge in [-0.1, -0.05) is 52.0 Å². The number of urea groups is 1. The summed E-state index contributed by atoms with van der Waals surface area (Å²) < 4.78 is 52.6. The second-order valence-corrected chi connectivity index (χ2v) is 10.4. The molecule has 2 rings (SSSR count). The first kappa shape index (κ1) is 21.9. The van der Waals surface area contributed by atoms with Gasteiger partial charge in [-0.15, -0.1) is 0 Å². The van der Waals surface area contributed by atoms with Crippen LogP contribution in [0.4, 0.5) is 4.79 Å². The van der Waals surface area contributed by atoms with Crippen LogP contribution in [0.3, 0.4) is 0 Å². The zero-order valence-electron chi connectivity index (χ0n) is 16.1. The van der Waals surface area contributed by atoms with Crippen LogP contribution in [-0.2, 0) is 20.0 Å². The van der Waals surface area contributed by atoms with E-state index in [2.05, 4.69) is 0 Å². The number of nitrogens with one attached hydrogen (secondary N) is 2. The molecular weight excluding hydrogens is 400 g/mol. The Bertz CT molecular complexity index is 955. The minimum absolute atomic E-state index is 0.134.